The first-order valence-corrected chi connectivity index (χ1v) is 7.53. The van der Waals surface area contributed by atoms with Crippen LogP contribution in [-0.4, -0.2) is 29.9 Å². The largest absolute Gasteiger partial charge is 0.341 e. The third-order valence-electron chi connectivity index (χ3n) is 4.83. The molecule has 0 aliphatic heterocycles. The quantitative estimate of drug-likeness (QED) is 0.820. The number of carbonyl (C=O) groups is 1. The molecular formula is C15H30N2O. The van der Waals surface area contributed by atoms with Gasteiger partial charge in [0, 0.05) is 13.1 Å². The number of nitrogens with two attached hydrogens (primary N) is 1. The molecule has 0 radical (unpaired) electrons. The number of rotatable bonds is 5. The molecular weight excluding hydrogens is 224 g/mol. The zero-order valence-corrected chi connectivity index (χ0v) is 12.5. The van der Waals surface area contributed by atoms with Crippen LogP contribution in [0.1, 0.15) is 59.3 Å². The molecule has 3 nitrogen and oxygen atoms in total. The summed E-state index contributed by atoms with van der Waals surface area (Å²) in [7, 11) is 1.93. The van der Waals surface area contributed by atoms with Crippen molar-refractivity contribution in [3.8, 4) is 0 Å². The third kappa shape index (κ3) is 3.71. The van der Waals surface area contributed by atoms with Gasteiger partial charge in [0.2, 0.25) is 5.91 Å². The Hall–Kier alpha value is -0.570. The Bertz CT molecular complexity index is 259. The third-order valence-corrected chi connectivity index (χ3v) is 4.83. The SMILES string of the molecule is CCC1CCC(N(C)C(=O)[C@@H](N)[C@@H](C)CC)CC1. The summed E-state index contributed by atoms with van der Waals surface area (Å²) in [5.74, 6) is 1.27. The first-order valence-electron chi connectivity index (χ1n) is 7.53. The predicted octanol–water partition coefficient (Wildman–Crippen LogP) is 2.79. The molecule has 0 unspecified atom stereocenters. The van der Waals surface area contributed by atoms with Gasteiger partial charge in [-0.1, -0.05) is 33.6 Å². The highest BCUT2D eigenvalue weighted by Gasteiger charge is 2.29. The van der Waals surface area contributed by atoms with Gasteiger partial charge in [-0.2, -0.15) is 0 Å². The van der Waals surface area contributed by atoms with E-state index in [0.29, 0.717) is 6.04 Å². The number of amides is 1. The maximum atomic E-state index is 12.3. The van der Waals surface area contributed by atoms with Crippen LogP contribution in [0.15, 0.2) is 0 Å². The first-order chi connectivity index (χ1) is 8.51. The van der Waals surface area contributed by atoms with Crippen LogP contribution < -0.4 is 5.73 Å². The van der Waals surface area contributed by atoms with Gasteiger partial charge in [-0.25, -0.2) is 0 Å². The van der Waals surface area contributed by atoms with Gasteiger partial charge in [0.1, 0.15) is 0 Å². The fraction of sp³-hybridized carbons (Fsp3) is 0.933. The Labute approximate surface area is 112 Å². The molecule has 0 aromatic carbocycles. The molecule has 0 aromatic heterocycles. The van der Waals surface area contributed by atoms with E-state index in [4.69, 9.17) is 5.73 Å². The number of hydrogen-bond donors (Lipinski definition) is 1. The van der Waals surface area contributed by atoms with Crippen LogP contribution in [0.5, 0.6) is 0 Å². The zero-order valence-electron chi connectivity index (χ0n) is 12.5. The molecule has 0 aromatic rings. The lowest BCUT2D eigenvalue weighted by Gasteiger charge is -2.36. The minimum Gasteiger partial charge on any atom is -0.341 e. The fourth-order valence-corrected chi connectivity index (χ4v) is 2.85. The summed E-state index contributed by atoms with van der Waals surface area (Å²) in [4.78, 5) is 14.2. The summed E-state index contributed by atoms with van der Waals surface area (Å²) in [6.45, 7) is 6.41. The van der Waals surface area contributed by atoms with Gasteiger partial charge in [-0.05, 0) is 37.5 Å². The van der Waals surface area contributed by atoms with Crippen LogP contribution in [0.3, 0.4) is 0 Å². The summed E-state index contributed by atoms with van der Waals surface area (Å²) >= 11 is 0. The van der Waals surface area contributed by atoms with Gasteiger partial charge in [-0.3, -0.25) is 4.79 Å². The maximum Gasteiger partial charge on any atom is 0.239 e. The zero-order chi connectivity index (χ0) is 13.7. The van der Waals surface area contributed by atoms with Crippen LogP contribution in [0.2, 0.25) is 0 Å². The summed E-state index contributed by atoms with van der Waals surface area (Å²) in [5, 5.41) is 0. The van der Waals surface area contributed by atoms with E-state index < -0.39 is 0 Å². The van der Waals surface area contributed by atoms with Crippen molar-refractivity contribution in [2.24, 2.45) is 17.6 Å². The molecule has 0 saturated heterocycles. The Morgan fingerprint density at radius 1 is 1.28 bits per heavy atom. The number of likely N-dealkylation sites (N-methyl/N-ethyl adjacent to an activating group) is 1. The molecule has 1 amide bonds. The average molecular weight is 254 g/mol. The molecule has 0 heterocycles. The first kappa shape index (κ1) is 15.5. The van der Waals surface area contributed by atoms with E-state index in [0.717, 1.165) is 25.2 Å². The maximum absolute atomic E-state index is 12.3. The minimum atomic E-state index is -0.330. The molecule has 1 aliphatic carbocycles. The number of nitrogens with zero attached hydrogens (tertiary/aromatic N) is 1. The van der Waals surface area contributed by atoms with E-state index in [9.17, 15) is 4.79 Å². The molecule has 1 fully saturated rings. The van der Waals surface area contributed by atoms with Crippen molar-refractivity contribution in [1.29, 1.82) is 0 Å². The highest BCUT2D eigenvalue weighted by atomic mass is 16.2. The van der Waals surface area contributed by atoms with E-state index in [1.54, 1.807) is 0 Å². The second-order valence-electron chi connectivity index (χ2n) is 5.94. The standard InChI is InChI=1S/C15H30N2O/c1-5-11(3)14(16)15(18)17(4)13-9-7-12(6-2)8-10-13/h11-14H,5-10,16H2,1-4H3/t11-,12?,13?,14-/m0/s1. The summed E-state index contributed by atoms with van der Waals surface area (Å²) in [5.41, 5.74) is 6.04. The van der Waals surface area contributed by atoms with Crippen molar-refractivity contribution in [3.63, 3.8) is 0 Å². The lowest BCUT2D eigenvalue weighted by molar-refractivity contribution is -0.135. The smallest absolute Gasteiger partial charge is 0.239 e. The second kappa shape index (κ2) is 7.13. The van der Waals surface area contributed by atoms with Crippen molar-refractivity contribution in [2.75, 3.05) is 7.05 Å². The Kier molecular flexibility index (Phi) is 6.13. The van der Waals surface area contributed by atoms with Gasteiger partial charge in [0.25, 0.3) is 0 Å². The van der Waals surface area contributed by atoms with Gasteiger partial charge in [0.05, 0.1) is 6.04 Å². The molecule has 2 N–H and O–H groups in total. The van der Waals surface area contributed by atoms with Crippen LogP contribution >= 0.6 is 0 Å². The topological polar surface area (TPSA) is 46.3 Å². The lowest BCUT2D eigenvalue weighted by atomic mass is 9.83. The van der Waals surface area contributed by atoms with Gasteiger partial charge in [-0.15, -0.1) is 0 Å². The number of hydrogen-bond acceptors (Lipinski definition) is 2. The van der Waals surface area contributed by atoms with E-state index in [-0.39, 0.29) is 17.9 Å². The van der Waals surface area contributed by atoms with Crippen LogP contribution in [0.25, 0.3) is 0 Å². The molecule has 18 heavy (non-hydrogen) atoms. The van der Waals surface area contributed by atoms with Crippen molar-refractivity contribution in [1.82, 2.24) is 4.90 Å². The van der Waals surface area contributed by atoms with Gasteiger partial charge < -0.3 is 10.6 Å². The Morgan fingerprint density at radius 3 is 2.28 bits per heavy atom. The highest BCUT2D eigenvalue weighted by Crippen LogP contribution is 2.29. The summed E-state index contributed by atoms with van der Waals surface area (Å²) < 4.78 is 0. The van der Waals surface area contributed by atoms with Crippen LogP contribution in [0.4, 0.5) is 0 Å². The molecule has 106 valence electrons. The van der Waals surface area contributed by atoms with Gasteiger partial charge in [0.15, 0.2) is 0 Å². The molecule has 2 atom stereocenters. The summed E-state index contributed by atoms with van der Waals surface area (Å²) in [6.07, 6.45) is 7.05. The Morgan fingerprint density at radius 2 is 1.83 bits per heavy atom. The Balaban J connectivity index is 2.49. The van der Waals surface area contributed by atoms with E-state index in [1.165, 1.54) is 19.3 Å². The lowest BCUT2D eigenvalue weighted by Crippen LogP contribution is -2.50. The van der Waals surface area contributed by atoms with Gasteiger partial charge >= 0.3 is 0 Å². The normalized spacial score (nSPS) is 27.6. The molecule has 3 heteroatoms. The van der Waals surface area contributed by atoms with Crippen molar-refractivity contribution < 1.29 is 4.79 Å². The van der Waals surface area contributed by atoms with Crippen molar-refractivity contribution in [2.45, 2.75) is 71.4 Å². The van der Waals surface area contributed by atoms with Crippen molar-refractivity contribution >= 4 is 5.91 Å². The predicted molar refractivity (Wildman–Crippen MR) is 76.2 cm³/mol. The average Bonchev–Trinajstić information content (AvgIpc) is 2.44. The van der Waals surface area contributed by atoms with E-state index in [2.05, 4.69) is 20.8 Å². The molecule has 0 spiro atoms. The van der Waals surface area contributed by atoms with E-state index >= 15 is 0 Å². The fourth-order valence-electron chi connectivity index (χ4n) is 2.85. The second-order valence-corrected chi connectivity index (χ2v) is 5.94. The van der Waals surface area contributed by atoms with Crippen LogP contribution in [0, 0.1) is 11.8 Å². The number of carbonyl (C=O) groups excluding carboxylic acids is 1. The molecule has 0 bridgehead atoms. The monoisotopic (exact) mass is 254 g/mol. The van der Waals surface area contributed by atoms with Crippen molar-refractivity contribution in [3.05, 3.63) is 0 Å². The van der Waals surface area contributed by atoms with Crippen LogP contribution in [-0.2, 0) is 4.79 Å². The molecule has 1 aliphatic rings. The molecule has 1 rings (SSSR count). The van der Waals surface area contributed by atoms with E-state index in [1.807, 2.05) is 11.9 Å². The highest BCUT2D eigenvalue weighted by molar-refractivity contribution is 5.82. The minimum absolute atomic E-state index is 0.129. The summed E-state index contributed by atoms with van der Waals surface area (Å²) in [6, 6.07) is 0.0827. The molecule has 1 saturated carbocycles.